The first-order chi connectivity index (χ1) is 8.33. The van der Waals surface area contributed by atoms with Crippen molar-refractivity contribution in [2.75, 3.05) is 23.4 Å². The lowest BCUT2D eigenvalue weighted by Gasteiger charge is -2.08. The molecule has 0 aliphatic heterocycles. The van der Waals surface area contributed by atoms with Crippen molar-refractivity contribution >= 4 is 50.6 Å². The van der Waals surface area contributed by atoms with E-state index in [-0.39, 0.29) is 0 Å². The van der Waals surface area contributed by atoms with Crippen molar-refractivity contribution < 1.29 is 0 Å². The molecule has 1 heterocycles. The predicted octanol–water partition coefficient (Wildman–Crippen LogP) is 4.50. The third-order valence-corrected chi connectivity index (χ3v) is 4.52. The Morgan fingerprint density at radius 1 is 1.47 bits per heavy atom. The molecule has 1 aromatic carbocycles. The van der Waals surface area contributed by atoms with Crippen LogP contribution in [0.3, 0.4) is 0 Å². The Morgan fingerprint density at radius 2 is 2.35 bits per heavy atom. The van der Waals surface area contributed by atoms with Crippen LogP contribution in [-0.4, -0.2) is 23.0 Å². The SMILES string of the molecule is CCSCCCNc1c(Cl)ccc2scnc12. The van der Waals surface area contributed by atoms with Crippen LogP contribution >= 0.6 is 34.7 Å². The molecule has 0 saturated carbocycles. The number of halogens is 1. The number of hydrogen-bond acceptors (Lipinski definition) is 4. The fourth-order valence-corrected chi connectivity index (χ4v) is 3.15. The molecule has 0 aliphatic rings. The van der Waals surface area contributed by atoms with Crippen molar-refractivity contribution in [3.63, 3.8) is 0 Å². The summed E-state index contributed by atoms with van der Waals surface area (Å²) in [6.07, 6.45) is 1.15. The number of nitrogens with one attached hydrogen (secondary N) is 1. The van der Waals surface area contributed by atoms with Crippen LogP contribution < -0.4 is 5.32 Å². The van der Waals surface area contributed by atoms with Crippen LogP contribution in [0, 0.1) is 0 Å². The molecule has 2 rings (SSSR count). The molecule has 2 nitrogen and oxygen atoms in total. The minimum atomic E-state index is 0.756. The first kappa shape index (κ1) is 13.0. The van der Waals surface area contributed by atoms with Gasteiger partial charge < -0.3 is 5.32 Å². The van der Waals surface area contributed by atoms with Gasteiger partial charge in [-0.3, -0.25) is 0 Å². The van der Waals surface area contributed by atoms with Crippen LogP contribution in [0.4, 0.5) is 5.69 Å². The van der Waals surface area contributed by atoms with Gasteiger partial charge in [0, 0.05) is 6.54 Å². The van der Waals surface area contributed by atoms with Crippen LogP contribution in [0.25, 0.3) is 10.2 Å². The minimum absolute atomic E-state index is 0.756. The van der Waals surface area contributed by atoms with Gasteiger partial charge in [-0.1, -0.05) is 18.5 Å². The zero-order valence-electron chi connectivity index (χ0n) is 9.70. The second kappa shape index (κ2) is 6.47. The highest BCUT2D eigenvalue weighted by Crippen LogP contribution is 2.32. The average Bonchev–Trinajstić information content (AvgIpc) is 2.79. The van der Waals surface area contributed by atoms with Crippen molar-refractivity contribution in [2.24, 2.45) is 0 Å². The highest BCUT2D eigenvalue weighted by molar-refractivity contribution is 7.99. The van der Waals surface area contributed by atoms with E-state index in [2.05, 4.69) is 17.2 Å². The van der Waals surface area contributed by atoms with Gasteiger partial charge >= 0.3 is 0 Å². The van der Waals surface area contributed by atoms with Crippen molar-refractivity contribution in [3.8, 4) is 0 Å². The second-order valence-corrected chi connectivity index (χ2v) is 6.29. The summed E-state index contributed by atoms with van der Waals surface area (Å²) in [5.41, 5.74) is 3.83. The molecule has 0 unspecified atom stereocenters. The molecule has 0 fully saturated rings. The Kier molecular flexibility index (Phi) is 4.95. The molecule has 17 heavy (non-hydrogen) atoms. The number of hydrogen-bond donors (Lipinski definition) is 1. The first-order valence-corrected chi connectivity index (χ1v) is 8.07. The van der Waals surface area contributed by atoms with Gasteiger partial charge in [0.15, 0.2) is 0 Å². The molecule has 0 atom stereocenters. The zero-order chi connectivity index (χ0) is 12.1. The predicted molar refractivity (Wildman–Crippen MR) is 80.7 cm³/mol. The quantitative estimate of drug-likeness (QED) is 0.791. The van der Waals surface area contributed by atoms with E-state index in [1.165, 1.54) is 16.2 Å². The maximum Gasteiger partial charge on any atom is 0.106 e. The molecule has 0 spiro atoms. The van der Waals surface area contributed by atoms with Gasteiger partial charge in [0.1, 0.15) is 5.52 Å². The summed E-state index contributed by atoms with van der Waals surface area (Å²) < 4.78 is 1.18. The standard InChI is InChI=1S/C12H15ClN2S2/c1-2-16-7-3-6-14-11-9(13)4-5-10-12(11)15-8-17-10/h4-5,8,14H,2-3,6-7H2,1H3. The lowest BCUT2D eigenvalue weighted by atomic mass is 10.3. The Labute approximate surface area is 115 Å². The van der Waals surface area contributed by atoms with E-state index in [4.69, 9.17) is 11.6 Å². The third-order valence-electron chi connectivity index (χ3n) is 2.42. The summed E-state index contributed by atoms with van der Waals surface area (Å²) in [5.74, 6) is 2.37. The molecule has 92 valence electrons. The van der Waals surface area contributed by atoms with Gasteiger partial charge in [0.2, 0.25) is 0 Å². The first-order valence-electron chi connectivity index (χ1n) is 5.66. The number of aromatic nitrogens is 1. The van der Waals surface area contributed by atoms with Crippen LogP contribution in [-0.2, 0) is 0 Å². The fraction of sp³-hybridized carbons (Fsp3) is 0.417. The number of benzene rings is 1. The lowest BCUT2D eigenvalue weighted by molar-refractivity contribution is 0.993. The third kappa shape index (κ3) is 3.27. The Morgan fingerprint density at radius 3 is 3.18 bits per heavy atom. The molecule has 1 aromatic heterocycles. The largest absolute Gasteiger partial charge is 0.382 e. The zero-order valence-corrected chi connectivity index (χ0v) is 12.1. The number of rotatable bonds is 6. The van der Waals surface area contributed by atoms with Crippen LogP contribution in [0.1, 0.15) is 13.3 Å². The molecule has 5 heteroatoms. The van der Waals surface area contributed by atoms with Gasteiger partial charge in [0.05, 0.1) is 20.9 Å². The van der Waals surface area contributed by atoms with Crippen LogP contribution in [0.15, 0.2) is 17.6 Å². The number of thioether (sulfide) groups is 1. The monoisotopic (exact) mass is 286 g/mol. The van der Waals surface area contributed by atoms with Gasteiger partial charge in [0.25, 0.3) is 0 Å². The van der Waals surface area contributed by atoms with Crippen molar-refractivity contribution in [1.82, 2.24) is 4.98 Å². The van der Waals surface area contributed by atoms with Gasteiger partial charge in [-0.25, -0.2) is 4.98 Å². The number of fused-ring (bicyclic) bond motifs is 1. The number of anilines is 1. The van der Waals surface area contributed by atoms with E-state index in [1.807, 2.05) is 29.4 Å². The summed E-state index contributed by atoms with van der Waals surface area (Å²) in [6.45, 7) is 3.13. The summed E-state index contributed by atoms with van der Waals surface area (Å²) in [6, 6.07) is 3.96. The maximum absolute atomic E-state index is 6.20. The topological polar surface area (TPSA) is 24.9 Å². The Bertz CT molecular complexity index is 484. The normalized spacial score (nSPS) is 10.9. The van der Waals surface area contributed by atoms with Crippen molar-refractivity contribution in [1.29, 1.82) is 0 Å². The molecular formula is C12H15ClN2S2. The van der Waals surface area contributed by atoms with E-state index >= 15 is 0 Å². The number of thiazole rings is 1. The van der Waals surface area contributed by atoms with E-state index < -0.39 is 0 Å². The molecule has 0 saturated heterocycles. The highest BCUT2D eigenvalue weighted by Gasteiger charge is 2.07. The summed E-state index contributed by atoms with van der Waals surface area (Å²) in [4.78, 5) is 4.36. The van der Waals surface area contributed by atoms with Gasteiger partial charge in [-0.15, -0.1) is 11.3 Å². The average molecular weight is 287 g/mol. The Hall–Kier alpha value is -0.450. The van der Waals surface area contributed by atoms with E-state index in [9.17, 15) is 0 Å². The molecular weight excluding hydrogens is 272 g/mol. The number of nitrogens with zero attached hydrogens (tertiary/aromatic N) is 1. The summed E-state index contributed by atoms with van der Waals surface area (Å²) in [7, 11) is 0. The fourth-order valence-electron chi connectivity index (χ4n) is 1.61. The van der Waals surface area contributed by atoms with Crippen molar-refractivity contribution in [3.05, 3.63) is 22.7 Å². The lowest BCUT2D eigenvalue weighted by Crippen LogP contribution is -2.03. The summed E-state index contributed by atoms with van der Waals surface area (Å²) >= 11 is 9.81. The molecule has 0 amide bonds. The van der Waals surface area contributed by atoms with Crippen LogP contribution in [0.5, 0.6) is 0 Å². The van der Waals surface area contributed by atoms with Gasteiger partial charge in [-0.2, -0.15) is 11.8 Å². The summed E-state index contributed by atoms with van der Waals surface area (Å²) in [5, 5.41) is 4.16. The molecule has 0 radical (unpaired) electrons. The highest BCUT2D eigenvalue weighted by atomic mass is 35.5. The van der Waals surface area contributed by atoms with E-state index in [1.54, 1.807) is 11.3 Å². The van der Waals surface area contributed by atoms with Gasteiger partial charge in [-0.05, 0) is 30.1 Å². The van der Waals surface area contributed by atoms with Crippen molar-refractivity contribution in [2.45, 2.75) is 13.3 Å². The molecule has 0 bridgehead atoms. The Balaban J connectivity index is 2.02. The molecule has 0 aliphatic carbocycles. The van der Waals surface area contributed by atoms with Crippen LogP contribution in [0.2, 0.25) is 5.02 Å². The van der Waals surface area contributed by atoms with E-state index in [0.29, 0.717) is 0 Å². The van der Waals surface area contributed by atoms with E-state index in [0.717, 1.165) is 29.2 Å². The second-order valence-electron chi connectivity index (χ2n) is 3.60. The smallest absolute Gasteiger partial charge is 0.106 e. The molecule has 1 N–H and O–H groups in total. The minimum Gasteiger partial charge on any atom is -0.382 e. The molecule has 2 aromatic rings. The maximum atomic E-state index is 6.20.